The van der Waals surface area contributed by atoms with Gasteiger partial charge in [-0.2, -0.15) is 0 Å². The van der Waals surface area contributed by atoms with Gasteiger partial charge < -0.3 is 0 Å². The molecule has 0 saturated carbocycles. The van der Waals surface area contributed by atoms with Gasteiger partial charge in [-0.25, -0.2) is 0 Å². The number of hydrogen-bond donors (Lipinski definition) is 0. The SMILES string of the molecule is C=C(I)[Se]c1ccccc1. The molecule has 0 aromatic heterocycles. The summed E-state index contributed by atoms with van der Waals surface area (Å²) in [5.74, 6) is 0. The van der Waals surface area contributed by atoms with Gasteiger partial charge in [-0.1, -0.05) is 0 Å². The first-order valence-corrected chi connectivity index (χ1v) is 5.65. The predicted molar refractivity (Wildman–Crippen MR) is 55.0 cm³/mol. The van der Waals surface area contributed by atoms with Gasteiger partial charge in [0.2, 0.25) is 0 Å². The number of hydrogen-bond acceptors (Lipinski definition) is 0. The second-order valence-corrected chi connectivity index (χ2v) is 7.17. The summed E-state index contributed by atoms with van der Waals surface area (Å²) in [5, 5.41) is 0. The molecule has 0 nitrogen and oxygen atoms in total. The summed E-state index contributed by atoms with van der Waals surface area (Å²) in [7, 11) is 0. The van der Waals surface area contributed by atoms with E-state index in [4.69, 9.17) is 0 Å². The third-order valence-electron chi connectivity index (χ3n) is 0.972. The van der Waals surface area contributed by atoms with E-state index in [0.29, 0.717) is 15.0 Å². The van der Waals surface area contributed by atoms with Crippen molar-refractivity contribution >= 4 is 42.0 Å². The molecule has 0 aliphatic heterocycles. The fourth-order valence-electron chi connectivity index (χ4n) is 0.616. The van der Waals surface area contributed by atoms with Crippen LogP contribution in [0, 0.1) is 0 Å². The Kier molecular flexibility index (Phi) is 3.46. The van der Waals surface area contributed by atoms with Crippen LogP contribution in [0.1, 0.15) is 0 Å². The van der Waals surface area contributed by atoms with Crippen LogP contribution in [0.2, 0.25) is 0 Å². The average Bonchev–Trinajstić information content (AvgIpc) is 1.88. The second kappa shape index (κ2) is 4.16. The van der Waals surface area contributed by atoms with Crippen molar-refractivity contribution in [2.24, 2.45) is 0 Å². The Morgan fingerprint density at radius 3 is 2.40 bits per heavy atom. The molecule has 1 aromatic rings. The van der Waals surface area contributed by atoms with E-state index in [2.05, 4.69) is 53.4 Å². The van der Waals surface area contributed by atoms with Crippen molar-refractivity contribution in [2.75, 3.05) is 0 Å². The zero-order valence-corrected chi connectivity index (χ0v) is 9.25. The summed E-state index contributed by atoms with van der Waals surface area (Å²) < 4.78 is 2.64. The topological polar surface area (TPSA) is 0 Å². The molecule has 0 aliphatic rings. The summed E-state index contributed by atoms with van der Waals surface area (Å²) in [6, 6.07) is 10.5. The number of halogens is 1. The van der Waals surface area contributed by atoms with Crippen LogP contribution in [0.4, 0.5) is 0 Å². The quantitative estimate of drug-likeness (QED) is 0.578. The summed E-state index contributed by atoms with van der Waals surface area (Å²) in [6.45, 7) is 3.86. The summed E-state index contributed by atoms with van der Waals surface area (Å²) in [5.41, 5.74) is 0. The monoisotopic (exact) mass is 310 g/mol. The van der Waals surface area contributed by atoms with Crippen LogP contribution in [0.3, 0.4) is 0 Å². The Bertz CT molecular complexity index is 218. The minimum absolute atomic E-state index is 0.460. The molecule has 0 aliphatic carbocycles. The van der Waals surface area contributed by atoms with Crippen molar-refractivity contribution in [3.05, 3.63) is 39.4 Å². The molecule has 52 valence electrons. The summed E-state index contributed by atoms with van der Waals surface area (Å²) in [6.07, 6.45) is 0. The first-order chi connectivity index (χ1) is 4.79. The van der Waals surface area contributed by atoms with E-state index in [-0.39, 0.29) is 0 Å². The predicted octanol–water partition coefficient (Wildman–Crippen LogP) is 1.92. The van der Waals surface area contributed by atoms with Gasteiger partial charge in [0.05, 0.1) is 0 Å². The molecule has 2 heteroatoms. The third kappa shape index (κ3) is 2.86. The van der Waals surface area contributed by atoms with E-state index in [1.165, 1.54) is 6.94 Å². The molecule has 0 fully saturated rings. The summed E-state index contributed by atoms with van der Waals surface area (Å²) in [4.78, 5) is 0. The van der Waals surface area contributed by atoms with Crippen LogP contribution in [0.5, 0.6) is 0 Å². The fraction of sp³-hybridized carbons (Fsp3) is 0. The second-order valence-electron chi connectivity index (χ2n) is 1.77. The molecule has 0 heterocycles. The Morgan fingerprint density at radius 1 is 1.30 bits per heavy atom. The molecule has 0 amide bonds. The van der Waals surface area contributed by atoms with Crippen LogP contribution < -0.4 is 4.46 Å². The average molecular weight is 309 g/mol. The normalized spacial score (nSPS) is 9.30. The number of rotatable bonds is 2. The molecule has 10 heavy (non-hydrogen) atoms. The van der Waals surface area contributed by atoms with Gasteiger partial charge in [0.1, 0.15) is 0 Å². The van der Waals surface area contributed by atoms with Gasteiger partial charge >= 0.3 is 81.4 Å². The minimum atomic E-state index is 0.460. The Labute approximate surface area is 81.0 Å². The molecule has 0 bridgehead atoms. The molecule has 0 saturated heterocycles. The zero-order valence-electron chi connectivity index (χ0n) is 5.38. The fourth-order valence-corrected chi connectivity index (χ4v) is 3.09. The molecule has 0 N–H and O–H groups in total. The molecule has 0 atom stereocenters. The van der Waals surface area contributed by atoms with Crippen LogP contribution in [-0.4, -0.2) is 15.0 Å². The van der Waals surface area contributed by atoms with Gasteiger partial charge in [0, 0.05) is 0 Å². The van der Waals surface area contributed by atoms with Crippen LogP contribution >= 0.6 is 22.6 Å². The molecule has 0 unspecified atom stereocenters. The van der Waals surface area contributed by atoms with Crippen LogP contribution in [-0.2, 0) is 0 Å². The van der Waals surface area contributed by atoms with Gasteiger partial charge in [0.25, 0.3) is 0 Å². The van der Waals surface area contributed by atoms with Crippen molar-refractivity contribution < 1.29 is 0 Å². The van der Waals surface area contributed by atoms with E-state index < -0.39 is 0 Å². The standard InChI is InChI=1S/C8H7ISe/c1-7(9)10-8-5-3-2-4-6-8/h2-6H,1H2. The maximum atomic E-state index is 3.86. The van der Waals surface area contributed by atoms with E-state index in [9.17, 15) is 0 Å². The number of benzene rings is 1. The molecular formula is C8H7ISe. The molecule has 1 aromatic carbocycles. The van der Waals surface area contributed by atoms with Crippen LogP contribution in [0.15, 0.2) is 39.4 Å². The first-order valence-electron chi connectivity index (χ1n) is 2.86. The Morgan fingerprint density at radius 2 is 1.90 bits per heavy atom. The van der Waals surface area contributed by atoms with Crippen molar-refractivity contribution in [2.45, 2.75) is 0 Å². The van der Waals surface area contributed by atoms with Gasteiger partial charge in [-0.05, 0) is 0 Å². The van der Waals surface area contributed by atoms with E-state index in [0.717, 1.165) is 0 Å². The maximum absolute atomic E-state index is 3.86. The zero-order chi connectivity index (χ0) is 7.40. The molecular weight excluding hydrogens is 302 g/mol. The molecule has 0 spiro atoms. The van der Waals surface area contributed by atoms with Crippen molar-refractivity contribution in [1.82, 2.24) is 0 Å². The van der Waals surface area contributed by atoms with Crippen molar-refractivity contribution in [1.29, 1.82) is 0 Å². The van der Waals surface area contributed by atoms with Crippen LogP contribution in [0.25, 0.3) is 0 Å². The first kappa shape index (κ1) is 8.31. The van der Waals surface area contributed by atoms with Gasteiger partial charge in [-0.15, -0.1) is 0 Å². The van der Waals surface area contributed by atoms with E-state index in [1.54, 1.807) is 0 Å². The van der Waals surface area contributed by atoms with Gasteiger partial charge in [-0.3, -0.25) is 0 Å². The molecule has 1 rings (SSSR count). The Balaban J connectivity index is 2.67. The molecule has 0 radical (unpaired) electrons. The summed E-state index contributed by atoms with van der Waals surface area (Å²) >= 11 is 2.74. The Hall–Kier alpha value is 0.209. The third-order valence-corrected chi connectivity index (χ3v) is 3.65. The van der Waals surface area contributed by atoms with E-state index >= 15 is 0 Å². The van der Waals surface area contributed by atoms with E-state index in [1.807, 2.05) is 6.07 Å². The van der Waals surface area contributed by atoms with Crippen molar-refractivity contribution in [3.8, 4) is 0 Å². The van der Waals surface area contributed by atoms with Gasteiger partial charge in [0.15, 0.2) is 0 Å². The van der Waals surface area contributed by atoms with Crippen molar-refractivity contribution in [3.63, 3.8) is 0 Å².